The molecule has 3 rings (SSSR count). The summed E-state index contributed by atoms with van der Waals surface area (Å²) in [5, 5.41) is 10.4. The minimum absolute atomic E-state index is 0.252. The molecule has 2 heterocycles. The molecule has 1 amide bonds. The molecular formula is C22H28FN3O4. The third kappa shape index (κ3) is 5.60. The van der Waals surface area contributed by atoms with E-state index in [0.717, 1.165) is 5.56 Å². The largest absolute Gasteiger partial charge is 0.503 e. The number of benzene rings is 1. The van der Waals surface area contributed by atoms with E-state index in [2.05, 4.69) is 4.90 Å². The minimum Gasteiger partial charge on any atom is -0.503 e. The second-order valence-corrected chi connectivity index (χ2v) is 8.49. The maximum Gasteiger partial charge on any atom is 0.410 e. The molecular weight excluding hydrogens is 389 g/mol. The molecule has 1 N–H and O–H groups in total. The van der Waals surface area contributed by atoms with E-state index in [1.807, 2.05) is 20.8 Å². The van der Waals surface area contributed by atoms with Gasteiger partial charge in [-0.25, -0.2) is 9.18 Å². The standard InChI is InChI=1S/C22H28FN3O4/c1-22(2,3)30-21(29)25-12-10-24(11-13-25)15-17-8-9-26(20(28)19(17)27)14-16-4-6-18(23)7-5-16/h4-9,27H,10-15H2,1-3H3. The lowest BCUT2D eigenvalue weighted by Crippen LogP contribution is -2.49. The first-order valence-electron chi connectivity index (χ1n) is 9.98. The van der Waals surface area contributed by atoms with Crippen LogP contribution in [0.3, 0.4) is 0 Å². The maximum atomic E-state index is 13.0. The van der Waals surface area contributed by atoms with Crippen molar-refractivity contribution in [1.82, 2.24) is 14.4 Å². The molecule has 1 aromatic heterocycles. The number of pyridine rings is 1. The van der Waals surface area contributed by atoms with Crippen molar-refractivity contribution >= 4 is 6.09 Å². The summed E-state index contributed by atoms with van der Waals surface area (Å²) in [4.78, 5) is 28.4. The molecule has 162 valence electrons. The van der Waals surface area contributed by atoms with Crippen LogP contribution in [0.25, 0.3) is 0 Å². The van der Waals surface area contributed by atoms with Gasteiger partial charge in [-0.1, -0.05) is 12.1 Å². The van der Waals surface area contributed by atoms with Crippen LogP contribution in [0.15, 0.2) is 41.3 Å². The van der Waals surface area contributed by atoms with E-state index in [1.54, 1.807) is 29.3 Å². The summed E-state index contributed by atoms with van der Waals surface area (Å²) in [6.45, 7) is 8.47. The first-order valence-corrected chi connectivity index (χ1v) is 9.98. The summed E-state index contributed by atoms with van der Waals surface area (Å²) in [5.41, 5.74) is 0.298. The average molecular weight is 417 g/mol. The van der Waals surface area contributed by atoms with Crippen molar-refractivity contribution in [3.63, 3.8) is 0 Å². The number of nitrogens with zero attached hydrogens (tertiary/aromatic N) is 3. The molecule has 0 bridgehead atoms. The van der Waals surface area contributed by atoms with Gasteiger partial charge in [0.2, 0.25) is 0 Å². The second-order valence-electron chi connectivity index (χ2n) is 8.49. The van der Waals surface area contributed by atoms with Crippen LogP contribution in [0.4, 0.5) is 9.18 Å². The van der Waals surface area contributed by atoms with E-state index in [-0.39, 0.29) is 24.2 Å². The quantitative estimate of drug-likeness (QED) is 0.828. The third-order valence-corrected chi connectivity index (χ3v) is 4.91. The van der Waals surface area contributed by atoms with Crippen LogP contribution >= 0.6 is 0 Å². The van der Waals surface area contributed by atoms with Crippen LogP contribution in [0.2, 0.25) is 0 Å². The molecule has 30 heavy (non-hydrogen) atoms. The number of amides is 1. The topological polar surface area (TPSA) is 75.0 Å². The molecule has 1 aliphatic heterocycles. The second kappa shape index (κ2) is 8.87. The zero-order valence-electron chi connectivity index (χ0n) is 17.6. The highest BCUT2D eigenvalue weighted by atomic mass is 19.1. The van der Waals surface area contributed by atoms with Gasteiger partial charge in [-0.05, 0) is 44.5 Å². The SMILES string of the molecule is CC(C)(C)OC(=O)N1CCN(Cc2ccn(Cc3ccc(F)cc3)c(=O)c2O)CC1. The van der Waals surface area contributed by atoms with Gasteiger partial charge in [0.1, 0.15) is 11.4 Å². The van der Waals surface area contributed by atoms with Crippen molar-refractivity contribution < 1.29 is 19.0 Å². The number of carbonyl (C=O) groups is 1. The molecule has 1 aliphatic rings. The first-order chi connectivity index (χ1) is 14.1. The number of aromatic hydroxyl groups is 1. The molecule has 0 atom stereocenters. The summed E-state index contributed by atoms with van der Waals surface area (Å²) in [5.74, 6) is -0.620. The minimum atomic E-state index is -0.530. The Morgan fingerprint density at radius 1 is 1.07 bits per heavy atom. The highest BCUT2D eigenvalue weighted by molar-refractivity contribution is 5.68. The van der Waals surface area contributed by atoms with Gasteiger partial charge in [-0.15, -0.1) is 0 Å². The summed E-state index contributed by atoms with van der Waals surface area (Å²) in [7, 11) is 0. The van der Waals surface area contributed by atoms with Gasteiger partial charge in [0.05, 0.1) is 6.54 Å². The Balaban J connectivity index is 1.60. The Morgan fingerprint density at radius 3 is 2.30 bits per heavy atom. The van der Waals surface area contributed by atoms with Crippen molar-refractivity contribution in [2.75, 3.05) is 26.2 Å². The molecule has 1 fully saturated rings. The number of piperazine rings is 1. The van der Waals surface area contributed by atoms with Crippen molar-refractivity contribution in [2.45, 2.75) is 39.5 Å². The van der Waals surface area contributed by atoms with Crippen molar-refractivity contribution in [3.8, 4) is 5.75 Å². The Bertz CT molecular complexity index is 942. The van der Waals surface area contributed by atoms with Crippen molar-refractivity contribution in [1.29, 1.82) is 0 Å². The lowest BCUT2D eigenvalue weighted by Gasteiger charge is -2.35. The molecule has 2 aromatic rings. The summed E-state index contributed by atoms with van der Waals surface area (Å²) in [6, 6.07) is 7.62. The molecule has 0 spiro atoms. The van der Waals surface area contributed by atoms with Gasteiger partial charge in [0.25, 0.3) is 5.56 Å². The number of ether oxygens (including phenoxy) is 1. The van der Waals surface area contributed by atoms with Gasteiger partial charge in [-0.2, -0.15) is 0 Å². The van der Waals surface area contributed by atoms with Crippen LogP contribution < -0.4 is 5.56 Å². The number of rotatable bonds is 4. The van der Waals surface area contributed by atoms with E-state index in [0.29, 0.717) is 38.3 Å². The predicted molar refractivity (Wildman–Crippen MR) is 111 cm³/mol. The fourth-order valence-electron chi connectivity index (χ4n) is 3.29. The molecule has 8 heteroatoms. The van der Waals surface area contributed by atoms with Crippen LogP contribution in [-0.2, 0) is 17.8 Å². The highest BCUT2D eigenvalue weighted by Gasteiger charge is 2.26. The fraction of sp³-hybridized carbons (Fsp3) is 0.455. The van der Waals surface area contributed by atoms with E-state index in [9.17, 15) is 19.1 Å². The molecule has 0 saturated carbocycles. The summed E-state index contributed by atoms with van der Waals surface area (Å²) in [6.07, 6.45) is 1.31. The predicted octanol–water partition coefficient (Wildman–Crippen LogP) is 2.79. The fourth-order valence-corrected chi connectivity index (χ4v) is 3.29. The van der Waals surface area contributed by atoms with Crippen LogP contribution in [0, 0.1) is 5.82 Å². The molecule has 7 nitrogen and oxygen atoms in total. The lowest BCUT2D eigenvalue weighted by molar-refractivity contribution is 0.0138. The van der Waals surface area contributed by atoms with Crippen LogP contribution in [0.1, 0.15) is 31.9 Å². The van der Waals surface area contributed by atoms with Gasteiger partial charge >= 0.3 is 6.09 Å². The third-order valence-electron chi connectivity index (χ3n) is 4.91. The molecule has 0 aliphatic carbocycles. The molecule has 0 radical (unpaired) electrons. The Morgan fingerprint density at radius 2 is 1.70 bits per heavy atom. The van der Waals surface area contributed by atoms with Gasteiger partial charge in [0.15, 0.2) is 5.75 Å². The van der Waals surface area contributed by atoms with E-state index >= 15 is 0 Å². The Hall–Kier alpha value is -2.87. The van der Waals surface area contributed by atoms with Crippen LogP contribution in [0.5, 0.6) is 5.75 Å². The maximum absolute atomic E-state index is 13.0. The van der Waals surface area contributed by atoms with E-state index < -0.39 is 11.2 Å². The normalized spacial score (nSPS) is 15.3. The zero-order chi connectivity index (χ0) is 21.9. The number of hydrogen-bond acceptors (Lipinski definition) is 5. The monoisotopic (exact) mass is 417 g/mol. The van der Waals surface area contributed by atoms with Crippen molar-refractivity contribution in [3.05, 3.63) is 63.8 Å². The molecule has 0 unspecified atom stereocenters. The molecule has 1 aromatic carbocycles. The first kappa shape index (κ1) is 21.8. The number of carbonyl (C=O) groups excluding carboxylic acids is 1. The van der Waals surface area contributed by atoms with Gasteiger partial charge < -0.3 is 19.3 Å². The Kier molecular flexibility index (Phi) is 6.45. The number of aromatic nitrogens is 1. The molecule has 1 saturated heterocycles. The number of hydrogen-bond donors (Lipinski definition) is 1. The summed E-state index contributed by atoms with van der Waals surface area (Å²) < 4.78 is 19.8. The number of halogens is 1. The van der Waals surface area contributed by atoms with Gasteiger partial charge in [0, 0.05) is 44.5 Å². The smallest absolute Gasteiger partial charge is 0.410 e. The van der Waals surface area contributed by atoms with Crippen LogP contribution in [-0.4, -0.2) is 57.3 Å². The average Bonchev–Trinajstić information content (AvgIpc) is 2.68. The van der Waals surface area contributed by atoms with Gasteiger partial charge in [-0.3, -0.25) is 9.69 Å². The Labute approximate surface area is 175 Å². The van der Waals surface area contributed by atoms with E-state index in [1.165, 1.54) is 16.7 Å². The van der Waals surface area contributed by atoms with E-state index in [4.69, 9.17) is 4.74 Å². The lowest BCUT2D eigenvalue weighted by atomic mass is 10.2. The zero-order valence-corrected chi connectivity index (χ0v) is 17.6. The van der Waals surface area contributed by atoms with Crippen molar-refractivity contribution in [2.24, 2.45) is 0 Å². The highest BCUT2D eigenvalue weighted by Crippen LogP contribution is 2.17. The summed E-state index contributed by atoms with van der Waals surface area (Å²) >= 11 is 0.